The number of aliphatic hydroxyl groups excluding tert-OH is 1. The van der Waals surface area contributed by atoms with Gasteiger partial charge in [0.15, 0.2) is 6.04 Å². The summed E-state index contributed by atoms with van der Waals surface area (Å²) in [5.74, 6) is -1.30. The van der Waals surface area contributed by atoms with Crippen LogP contribution in [0.15, 0.2) is 54.6 Å². The number of halogens is 1. The second-order valence-corrected chi connectivity index (χ2v) is 5.43. The lowest BCUT2D eigenvalue weighted by Gasteiger charge is -2.22. The molecule has 6 nitrogen and oxygen atoms in total. The van der Waals surface area contributed by atoms with Gasteiger partial charge in [-0.25, -0.2) is 14.0 Å². The van der Waals surface area contributed by atoms with Gasteiger partial charge in [0.05, 0.1) is 6.61 Å². The van der Waals surface area contributed by atoms with Gasteiger partial charge in [-0.15, -0.1) is 0 Å². The van der Waals surface area contributed by atoms with E-state index in [1.807, 2.05) is 6.07 Å². The van der Waals surface area contributed by atoms with Gasteiger partial charge in [0.25, 0.3) is 0 Å². The number of rotatable bonds is 7. The summed E-state index contributed by atoms with van der Waals surface area (Å²) in [6, 6.07) is 12.6. The van der Waals surface area contributed by atoms with Crippen molar-refractivity contribution in [1.29, 1.82) is 0 Å². The zero-order chi connectivity index (χ0) is 18.9. The molecule has 7 heteroatoms. The van der Waals surface area contributed by atoms with Crippen molar-refractivity contribution in [2.24, 2.45) is 0 Å². The molecule has 0 heterocycles. The van der Waals surface area contributed by atoms with Crippen LogP contribution in [0, 0.1) is 5.82 Å². The third-order valence-electron chi connectivity index (χ3n) is 3.55. The molecular weight excluding hydrogens is 341 g/mol. The maximum atomic E-state index is 13.0. The summed E-state index contributed by atoms with van der Waals surface area (Å²) in [6.07, 6.45) is -2.30. The summed E-state index contributed by atoms with van der Waals surface area (Å²) in [5.41, 5.74) is 1.03. The fourth-order valence-corrected chi connectivity index (χ4v) is 2.24. The van der Waals surface area contributed by atoms with Gasteiger partial charge in [-0.2, -0.15) is 0 Å². The van der Waals surface area contributed by atoms with Crippen molar-refractivity contribution in [3.63, 3.8) is 0 Å². The van der Waals surface area contributed by atoms with Crippen LogP contribution in [0.1, 0.15) is 24.2 Å². The van der Waals surface area contributed by atoms with Crippen LogP contribution in [-0.4, -0.2) is 29.8 Å². The molecule has 0 fully saturated rings. The van der Waals surface area contributed by atoms with Crippen molar-refractivity contribution in [3.05, 3.63) is 71.5 Å². The van der Waals surface area contributed by atoms with Gasteiger partial charge in [0.2, 0.25) is 0 Å². The summed E-state index contributed by atoms with van der Waals surface area (Å²) < 4.78 is 23.0. The van der Waals surface area contributed by atoms with Crippen molar-refractivity contribution in [3.8, 4) is 0 Å². The molecule has 0 unspecified atom stereocenters. The Morgan fingerprint density at radius 2 is 1.73 bits per heavy atom. The van der Waals surface area contributed by atoms with Gasteiger partial charge in [-0.1, -0.05) is 42.5 Å². The molecular formula is C19H20FNO5. The lowest BCUT2D eigenvalue weighted by atomic mass is 10.0. The highest BCUT2D eigenvalue weighted by molar-refractivity contribution is 5.82. The standard InChI is InChI=1S/C19H20FNO5/c1-2-25-18(23)16(17(22)14-8-10-15(20)11-9-14)21-19(24)26-12-13-6-4-3-5-7-13/h3-11,16-17,22H,2,12H2,1H3,(H,21,24)/t16-,17+/m0/s1. The van der Waals surface area contributed by atoms with Crippen LogP contribution >= 0.6 is 0 Å². The maximum absolute atomic E-state index is 13.0. The average molecular weight is 361 g/mol. The number of hydrogen-bond acceptors (Lipinski definition) is 5. The Labute approximate surface area is 150 Å². The minimum Gasteiger partial charge on any atom is -0.464 e. The largest absolute Gasteiger partial charge is 0.464 e. The monoisotopic (exact) mass is 361 g/mol. The second kappa shape index (κ2) is 9.53. The van der Waals surface area contributed by atoms with E-state index in [-0.39, 0.29) is 18.8 Å². The van der Waals surface area contributed by atoms with Crippen LogP contribution in [0.4, 0.5) is 9.18 Å². The lowest BCUT2D eigenvalue weighted by Crippen LogP contribution is -2.46. The summed E-state index contributed by atoms with van der Waals surface area (Å²) in [4.78, 5) is 24.1. The summed E-state index contributed by atoms with van der Waals surface area (Å²) in [7, 11) is 0. The highest BCUT2D eigenvalue weighted by Crippen LogP contribution is 2.19. The van der Waals surface area contributed by atoms with E-state index in [0.717, 1.165) is 17.7 Å². The first-order valence-corrected chi connectivity index (χ1v) is 8.08. The van der Waals surface area contributed by atoms with Gasteiger partial charge in [-0.3, -0.25) is 0 Å². The van der Waals surface area contributed by atoms with Crippen LogP contribution < -0.4 is 5.32 Å². The topological polar surface area (TPSA) is 84.9 Å². The Morgan fingerprint density at radius 3 is 2.35 bits per heavy atom. The molecule has 0 radical (unpaired) electrons. The van der Waals surface area contributed by atoms with Gasteiger partial charge in [0.1, 0.15) is 18.5 Å². The molecule has 2 N–H and O–H groups in total. The molecule has 0 bridgehead atoms. The van der Waals surface area contributed by atoms with Crippen LogP contribution in [-0.2, 0) is 20.9 Å². The van der Waals surface area contributed by atoms with E-state index >= 15 is 0 Å². The molecule has 26 heavy (non-hydrogen) atoms. The van der Waals surface area contributed by atoms with Crippen LogP contribution in [0.25, 0.3) is 0 Å². The van der Waals surface area contributed by atoms with Crippen molar-refractivity contribution in [2.75, 3.05) is 6.61 Å². The normalized spacial score (nSPS) is 12.7. The first-order chi connectivity index (χ1) is 12.5. The molecule has 0 aliphatic heterocycles. The van der Waals surface area contributed by atoms with Gasteiger partial charge >= 0.3 is 12.1 Å². The van der Waals surface area contributed by atoms with E-state index in [1.165, 1.54) is 12.1 Å². The first kappa shape index (κ1) is 19.4. The Morgan fingerprint density at radius 1 is 1.08 bits per heavy atom. The van der Waals surface area contributed by atoms with Crippen molar-refractivity contribution >= 4 is 12.1 Å². The van der Waals surface area contributed by atoms with Crippen molar-refractivity contribution < 1.29 is 28.6 Å². The maximum Gasteiger partial charge on any atom is 0.408 e. The lowest BCUT2D eigenvalue weighted by molar-refractivity contribution is -0.148. The molecule has 0 spiro atoms. The van der Waals surface area contributed by atoms with E-state index in [4.69, 9.17) is 9.47 Å². The molecule has 1 amide bonds. The molecule has 2 aromatic carbocycles. The van der Waals surface area contributed by atoms with Gasteiger partial charge in [0, 0.05) is 0 Å². The minimum atomic E-state index is -1.42. The van der Waals surface area contributed by atoms with Crippen molar-refractivity contribution in [1.82, 2.24) is 5.32 Å². The zero-order valence-corrected chi connectivity index (χ0v) is 14.2. The second-order valence-electron chi connectivity index (χ2n) is 5.43. The molecule has 2 rings (SSSR count). The summed E-state index contributed by atoms with van der Waals surface area (Å²) >= 11 is 0. The molecule has 138 valence electrons. The van der Waals surface area contributed by atoms with Crippen LogP contribution in [0.2, 0.25) is 0 Å². The van der Waals surface area contributed by atoms with E-state index in [0.29, 0.717) is 0 Å². The number of amides is 1. The van der Waals surface area contributed by atoms with E-state index in [1.54, 1.807) is 31.2 Å². The Balaban J connectivity index is 2.05. The Bertz CT molecular complexity index is 720. The minimum absolute atomic E-state index is 0.00879. The number of ether oxygens (including phenoxy) is 2. The number of benzene rings is 2. The zero-order valence-electron chi connectivity index (χ0n) is 14.2. The van der Waals surface area contributed by atoms with Crippen LogP contribution in [0.5, 0.6) is 0 Å². The number of carbonyl (C=O) groups excluding carboxylic acids is 2. The number of alkyl carbamates (subject to hydrolysis) is 1. The van der Waals surface area contributed by atoms with Gasteiger partial charge < -0.3 is 19.9 Å². The fourth-order valence-electron chi connectivity index (χ4n) is 2.24. The van der Waals surface area contributed by atoms with Crippen molar-refractivity contribution in [2.45, 2.75) is 25.7 Å². The number of esters is 1. The molecule has 0 saturated heterocycles. The molecule has 0 aliphatic rings. The Hall–Kier alpha value is -2.93. The SMILES string of the molecule is CCOC(=O)[C@@H](NC(=O)OCc1ccccc1)[C@H](O)c1ccc(F)cc1. The predicted octanol–water partition coefficient (Wildman–Crippen LogP) is 2.72. The molecule has 2 atom stereocenters. The molecule has 2 aromatic rings. The smallest absolute Gasteiger partial charge is 0.408 e. The summed E-state index contributed by atoms with van der Waals surface area (Å²) in [5, 5.41) is 12.7. The van der Waals surface area contributed by atoms with E-state index < -0.39 is 30.0 Å². The number of carbonyl (C=O) groups is 2. The fraction of sp³-hybridized carbons (Fsp3) is 0.263. The third kappa shape index (κ3) is 5.56. The highest BCUT2D eigenvalue weighted by Gasteiger charge is 2.31. The first-order valence-electron chi connectivity index (χ1n) is 8.08. The average Bonchev–Trinajstić information content (AvgIpc) is 2.65. The predicted molar refractivity (Wildman–Crippen MR) is 91.5 cm³/mol. The Kier molecular flexibility index (Phi) is 7.11. The quantitative estimate of drug-likeness (QED) is 0.741. The summed E-state index contributed by atoms with van der Waals surface area (Å²) in [6.45, 7) is 1.69. The van der Waals surface area contributed by atoms with Gasteiger partial charge in [-0.05, 0) is 30.2 Å². The molecule has 0 aromatic heterocycles. The molecule has 0 saturated carbocycles. The van der Waals surface area contributed by atoms with Crippen LogP contribution in [0.3, 0.4) is 0 Å². The van der Waals surface area contributed by atoms with E-state index in [9.17, 15) is 19.1 Å². The highest BCUT2D eigenvalue weighted by atomic mass is 19.1. The third-order valence-corrected chi connectivity index (χ3v) is 3.55. The van der Waals surface area contributed by atoms with E-state index in [2.05, 4.69) is 5.32 Å². The molecule has 0 aliphatic carbocycles. The number of nitrogens with one attached hydrogen (secondary N) is 1. The number of hydrogen-bond donors (Lipinski definition) is 2. The number of aliphatic hydroxyl groups is 1.